The highest BCUT2D eigenvalue weighted by Gasteiger charge is 2.34. The number of nitrogens with zero attached hydrogens (tertiary/aromatic N) is 5. The summed E-state index contributed by atoms with van der Waals surface area (Å²) in [6.45, 7) is 7.82. The largest absolute Gasteiger partial charge is 0.490 e. The van der Waals surface area contributed by atoms with Crippen LogP contribution >= 0.6 is 11.3 Å². The molecule has 210 valence electrons. The molecule has 10 nitrogen and oxygen atoms in total. The summed E-state index contributed by atoms with van der Waals surface area (Å²) < 4.78 is 11.9. The molecule has 11 heteroatoms. The topological polar surface area (TPSA) is 108 Å². The Balaban J connectivity index is 1.15. The van der Waals surface area contributed by atoms with Crippen LogP contribution in [0.25, 0.3) is 21.1 Å². The van der Waals surface area contributed by atoms with Crippen LogP contribution in [-0.2, 0) is 22.4 Å². The van der Waals surface area contributed by atoms with Crippen molar-refractivity contribution in [3.63, 3.8) is 0 Å². The lowest BCUT2D eigenvalue weighted by Crippen LogP contribution is -2.50. The number of anilines is 2. The Labute approximate surface area is 237 Å². The molecule has 7 rings (SSSR count). The van der Waals surface area contributed by atoms with E-state index in [0.29, 0.717) is 26.4 Å². The number of aromatic nitrogens is 4. The molecule has 4 aromatic rings. The molecule has 1 amide bonds. The lowest BCUT2D eigenvalue weighted by Gasteiger charge is -2.36. The van der Waals surface area contributed by atoms with E-state index in [1.807, 2.05) is 17.2 Å². The van der Waals surface area contributed by atoms with Crippen LogP contribution in [0.3, 0.4) is 0 Å². The van der Waals surface area contributed by atoms with Crippen LogP contribution < -0.4 is 10.1 Å². The number of benzene rings is 1. The molecule has 5 heterocycles. The zero-order valence-electron chi connectivity index (χ0n) is 22.8. The average molecular weight is 562 g/mol. The Kier molecular flexibility index (Phi) is 7.03. The first-order valence-electron chi connectivity index (χ1n) is 14.4. The van der Waals surface area contributed by atoms with Crippen molar-refractivity contribution in [2.45, 2.75) is 45.1 Å². The van der Waals surface area contributed by atoms with Gasteiger partial charge in [0.25, 0.3) is 0 Å². The lowest BCUT2D eigenvalue weighted by atomic mass is 9.86. The number of morpholine rings is 1. The Hall–Kier alpha value is -3.28. The number of thiophene rings is 1. The molecule has 0 saturated carbocycles. The summed E-state index contributed by atoms with van der Waals surface area (Å²) in [6.07, 6.45) is 8.41. The van der Waals surface area contributed by atoms with Gasteiger partial charge in [-0.3, -0.25) is 14.8 Å². The highest BCUT2D eigenvalue weighted by atomic mass is 32.1. The van der Waals surface area contributed by atoms with E-state index >= 15 is 0 Å². The maximum atomic E-state index is 13.4. The summed E-state index contributed by atoms with van der Waals surface area (Å²) in [7, 11) is 0. The number of aromatic amines is 1. The predicted octanol–water partition coefficient (Wildman–Crippen LogP) is 4.14. The SMILES string of the molecule is C[C@H]1COCCN1C(=O)[C@H]1CCc2c(sc3ncnc(Nc4cc5cn[nH]c5cc4OCCN4CCCC4)c23)C1. The van der Waals surface area contributed by atoms with Gasteiger partial charge in [0.15, 0.2) is 0 Å². The Morgan fingerprint density at radius 3 is 3.02 bits per heavy atom. The average Bonchev–Trinajstić information content (AvgIpc) is 3.73. The van der Waals surface area contributed by atoms with E-state index in [1.165, 1.54) is 23.3 Å². The fourth-order valence-electron chi connectivity index (χ4n) is 6.31. The summed E-state index contributed by atoms with van der Waals surface area (Å²) in [5.41, 5.74) is 3.07. The Morgan fingerprint density at radius 1 is 1.25 bits per heavy atom. The number of carbonyl (C=O) groups is 1. The number of hydrogen-bond acceptors (Lipinski definition) is 9. The minimum atomic E-state index is 0.00425. The number of fused-ring (bicyclic) bond motifs is 4. The van der Waals surface area contributed by atoms with E-state index in [0.717, 1.165) is 77.3 Å². The fourth-order valence-corrected chi connectivity index (χ4v) is 7.58. The first kappa shape index (κ1) is 25.7. The molecule has 0 bridgehead atoms. The van der Waals surface area contributed by atoms with Gasteiger partial charge in [0, 0.05) is 35.3 Å². The highest BCUT2D eigenvalue weighted by molar-refractivity contribution is 7.19. The monoisotopic (exact) mass is 561 g/mol. The number of nitrogens with one attached hydrogen (secondary N) is 2. The van der Waals surface area contributed by atoms with Crippen LogP contribution in [0.5, 0.6) is 5.75 Å². The van der Waals surface area contributed by atoms with Gasteiger partial charge in [-0.25, -0.2) is 9.97 Å². The third-order valence-corrected chi connectivity index (χ3v) is 9.66. The number of carbonyl (C=O) groups excluding carboxylic acids is 1. The van der Waals surface area contributed by atoms with Crippen LogP contribution in [0.4, 0.5) is 11.5 Å². The predicted molar refractivity (Wildman–Crippen MR) is 155 cm³/mol. The lowest BCUT2D eigenvalue weighted by molar-refractivity contribution is -0.143. The molecule has 1 aliphatic carbocycles. The maximum Gasteiger partial charge on any atom is 0.226 e. The van der Waals surface area contributed by atoms with Crippen molar-refractivity contribution in [2.24, 2.45) is 5.92 Å². The summed E-state index contributed by atoms with van der Waals surface area (Å²) >= 11 is 1.69. The van der Waals surface area contributed by atoms with Crippen LogP contribution in [0.15, 0.2) is 24.7 Å². The van der Waals surface area contributed by atoms with E-state index in [4.69, 9.17) is 9.47 Å². The molecular weight excluding hydrogens is 526 g/mol. The molecule has 0 unspecified atom stereocenters. The van der Waals surface area contributed by atoms with Crippen molar-refractivity contribution in [2.75, 3.05) is 51.3 Å². The number of rotatable bonds is 7. The Bertz CT molecular complexity index is 1530. The van der Waals surface area contributed by atoms with Gasteiger partial charge >= 0.3 is 0 Å². The van der Waals surface area contributed by atoms with Crippen LogP contribution in [0, 0.1) is 5.92 Å². The van der Waals surface area contributed by atoms with E-state index in [2.05, 4.69) is 43.4 Å². The standard InChI is InChI=1S/C29H35N7O3S/c1-18-16-38-10-9-36(18)29(37)19-4-5-21-25(13-19)40-28-26(21)27(30-17-31-28)33-23-12-20-15-32-34-22(20)14-24(23)39-11-8-35-6-2-3-7-35/h12,14-15,17-19H,2-11,13,16H2,1H3,(H,32,34)(H,30,31,33)/t18-,19-/m0/s1. The van der Waals surface area contributed by atoms with Crippen molar-refractivity contribution in [1.29, 1.82) is 0 Å². The second-order valence-corrected chi connectivity index (χ2v) is 12.2. The molecule has 0 radical (unpaired) electrons. The van der Waals surface area contributed by atoms with Crippen LogP contribution in [0.1, 0.15) is 36.6 Å². The minimum absolute atomic E-state index is 0.00425. The van der Waals surface area contributed by atoms with Gasteiger partial charge in [0.05, 0.1) is 42.0 Å². The molecule has 2 saturated heterocycles. The summed E-state index contributed by atoms with van der Waals surface area (Å²) in [6, 6.07) is 4.21. The van der Waals surface area contributed by atoms with Gasteiger partial charge in [0.2, 0.25) is 5.91 Å². The number of aryl methyl sites for hydroxylation is 1. The third-order valence-electron chi connectivity index (χ3n) is 8.50. The molecule has 1 aromatic carbocycles. The van der Waals surface area contributed by atoms with Crippen molar-refractivity contribution < 1.29 is 14.3 Å². The summed E-state index contributed by atoms with van der Waals surface area (Å²) in [4.78, 5) is 29.4. The van der Waals surface area contributed by atoms with Gasteiger partial charge in [0.1, 0.15) is 29.3 Å². The van der Waals surface area contributed by atoms with Crippen molar-refractivity contribution in [1.82, 2.24) is 30.0 Å². The van der Waals surface area contributed by atoms with Gasteiger partial charge in [-0.1, -0.05) is 0 Å². The zero-order chi connectivity index (χ0) is 27.1. The van der Waals surface area contributed by atoms with E-state index < -0.39 is 0 Å². The number of likely N-dealkylation sites (tertiary alicyclic amines) is 1. The van der Waals surface area contributed by atoms with E-state index in [9.17, 15) is 4.79 Å². The number of ether oxygens (including phenoxy) is 2. The second kappa shape index (κ2) is 10.9. The summed E-state index contributed by atoms with van der Waals surface area (Å²) in [5.74, 6) is 1.82. The number of hydrogen-bond donors (Lipinski definition) is 2. The second-order valence-electron chi connectivity index (χ2n) is 11.1. The first-order chi connectivity index (χ1) is 19.6. The van der Waals surface area contributed by atoms with Crippen LogP contribution in [-0.4, -0.2) is 87.9 Å². The maximum absolute atomic E-state index is 13.4. The summed E-state index contributed by atoms with van der Waals surface area (Å²) in [5, 5.41) is 12.9. The minimum Gasteiger partial charge on any atom is -0.490 e. The van der Waals surface area contributed by atoms with Crippen molar-refractivity contribution >= 4 is 49.9 Å². The highest BCUT2D eigenvalue weighted by Crippen LogP contribution is 2.42. The van der Waals surface area contributed by atoms with Gasteiger partial charge in [-0.15, -0.1) is 11.3 Å². The normalized spacial score (nSPS) is 21.7. The molecular formula is C29H35N7O3S. The smallest absolute Gasteiger partial charge is 0.226 e. The van der Waals surface area contributed by atoms with Gasteiger partial charge in [-0.2, -0.15) is 5.10 Å². The fraction of sp³-hybridized carbons (Fsp3) is 0.517. The number of H-pyrrole nitrogens is 1. The Morgan fingerprint density at radius 2 is 2.15 bits per heavy atom. The molecule has 3 aromatic heterocycles. The van der Waals surface area contributed by atoms with E-state index in [1.54, 1.807) is 17.7 Å². The van der Waals surface area contributed by atoms with Crippen LogP contribution in [0.2, 0.25) is 0 Å². The molecule has 0 spiro atoms. The molecule has 2 atom stereocenters. The molecule has 3 aliphatic rings. The van der Waals surface area contributed by atoms with Crippen molar-refractivity contribution in [3.05, 3.63) is 35.1 Å². The van der Waals surface area contributed by atoms with E-state index in [-0.39, 0.29) is 17.9 Å². The zero-order valence-corrected chi connectivity index (χ0v) is 23.6. The first-order valence-corrected chi connectivity index (χ1v) is 15.2. The number of amides is 1. The molecule has 40 heavy (non-hydrogen) atoms. The van der Waals surface area contributed by atoms with Gasteiger partial charge in [-0.05, 0) is 63.7 Å². The molecule has 2 aliphatic heterocycles. The van der Waals surface area contributed by atoms with Crippen molar-refractivity contribution in [3.8, 4) is 5.75 Å². The third kappa shape index (κ3) is 4.90. The van der Waals surface area contributed by atoms with Gasteiger partial charge < -0.3 is 19.7 Å². The quantitative estimate of drug-likeness (QED) is 0.347. The molecule has 2 fully saturated rings. The molecule has 2 N–H and O–H groups in total.